The number of hydrogen-bond donors (Lipinski definition) is 1. The summed E-state index contributed by atoms with van der Waals surface area (Å²) in [5, 5.41) is 5.05. The van der Waals surface area contributed by atoms with Crippen molar-refractivity contribution < 1.29 is 13.2 Å². The molecule has 2 rings (SSSR count). The topological polar surface area (TPSA) is 83.7 Å². The van der Waals surface area contributed by atoms with Gasteiger partial charge < -0.3 is 9.80 Å². The molecule has 2 atom stereocenters. The highest BCUT2D eigenvalue weighted by Crippen LogP contribution is 2.20. The molecule has 2 N–H and O–H groups in total. The van der Waals surface area contributed by atoms with Crippen molar-refractivity contribution in [2.45, 2.75) is 45.1 Å². The second-order valence-corrected chi connectivity index (χ2v) is 8.13. The molecule has 0 bridgehead atoms. The molecule has 2 aliphatic rings. The van der Waals surface area contributed by atoms with Gasteiger partial charge in [-0.05, 0) is 32.7 Å². The molecule has 7 heteroatoms. The molecule has 0 radical (unpaired) electrons. The Hall–Kier alpha value is -0.660. The van der Waals surface area contributed by atoms with Gasteiger partial charge in [0.1, 0.15) is 0 Å². The van der Waals surface area contributed by atoms with Crippen molar-refractivity contribution in [3.63, 3.8) is 0 Å². The number of amides is 1. The number of sulfonamides is 1. The zero-order valence-corrected chi connectivity index (χ0v) is 13.6. The average Bonchev–Trinajstić information content (AvgIpc) is 2.70. The molecule has 6 nitrogen and oxygen atoms in total. The van der Waals surface area contributed by atoms with E-state index in [1.54, 1.807) is 4.90 Å². The second kappa shape index (κ2) is 7.07. The molecule has 122 valence electrons. The molecule has 0 aromatic heterocycles. The van der Waals surface area contributed by atoms with Gasteiger partial charge in [0.2, 0.25) is 15.9 Å². The molecular formula is C14H27N3O3S. The van der Waals surface area contributed by atoms with E-state index in [1.807, 2.05) is 0 Å². The first-order valence-corrected chi connectivity index (χ1v) is 9.59. The number of nitrogens with zero attached hydrogens (tertiary/aromatic N) is 2. The van der Waals surface area contributed by atoms with Gasteiger partial charge in [-0.15, -0.1) is 0 Å². The smallest absolute Gasteiger partial charge is 0.222 e. The van der Waals surface area contributed by atoms with E-state index in [0.29, 0.717) is 19.0 Å². The van der Waals surface area contributed by atoms with E-state index in [0.717, 1.165) is 26.1 Å². The normalized spacial score (nSPS) is 28.3. The molecule has 2 unspecified atom stereocenters. The van der Waals surface area contributed by atoms with Crippen molar-refractivity contribution >= 4 is 15.9 Å². The molecule has 2 fully saturated rings. The van der Waals surface area contributed by atoms with Crippen LogP contribution in [0.4, 0.5) is 0 Å². The van der Waals surface area contributed by atoms with Crippen molar-refractivity contribution in [2.75, 3.05) is 31.9 Å². The fraction of sp³-hybridized carbons (Fsp3) is 0.929. The Morgan fingerprint density at radius 3 is 2.71 bits per heavy atom. The Morgan fingerprint density at radius 2 is 2.05 bits per heavy atom. The predicted molar refractivity (Wildman–Crippen MR) is 82.2 cm³/mol. The summed E-state index contributed by atoms with van der Waals surface area (Å²) in [4.78, 5) is 16.2. The number of likely N-dealkylation sites (tertiary alicyclic amines) is 2. The first-order valence-electron chi connectivity index (χ1n) is 7.87. The van der Waals surface area contributed by atoms with Crippen LogP contribution in [0.25, 0.3) is 0 Å². The van der Waals surface area contributed by atoms with Gasteiger partial charge in [0.15, 0.2) is 0 Å². The molecule has 0 aromatic carbocycles. The van der Waals surface area contributed by atoms with Gasteiger partial charge in [-0.1, -0.05) is 6.42 Å². The van der Waals surface area contributed by atoms with Gasteiger partial charge >= 0.3 is 0 Å². The summed E-state index contributed by atoms with van der Waals surface area (Å²) < 4.78 is 22.2. The number of rotatable bonds is 6. The van der Waals surface area contributed by atoms with Crippen LogP contribution in [-0.4, -0.2) is 62.1 Å². The van der Waals surface area contributed by atoms with Crippen LogP contribution in [0.3, 0.4) is 0 Å². The first-order chi connectivity index (χ1) is 9.85. The molecule has 2 aliphatic heterocycles. The van der Waals surface area contributed by atoms with E-state index in [2.05, 4.69) is 11.8 Å². The minimum absolute atomic E-state index is 0.0651. The summed E-state index contributed by atoms with van der Waals surface area (Å²) in [5.74, 6) is -0.157. The monoisotopic (exact) mass is 317 g/mol. The molecule has 0 aliphatic carbocycles. The number of hydrogen-bond acceptors (Lipinski definition) is 4. The highest BCUT2D eigenvalue weighted by atomic mass is 32.2. The fourth-order valence-electron chi connectivity index (χ4n) is 3.46. The van der Waals surface area contributed by atoms with E-state index < -0.39 is 10.0 Å². The summed E-state index contributed by atoms with van der Waals surface area (Å²) in [7, 11) is -3.49. The van der Waals surface area contributed by atoms with E-state index in [4.69, 9.17) is 5.14 Å². The zero-order valence-electron chi connectivity index (χ0n) is 12.8. The van der Waals surface area contributed by atoms with Crippen LogP contribution in [0.2, 0.25) is 0 Å². The molecule has 1 amide bonds. The molecule has 2 heterocycles. The Balaban J connectivity index is 1.72. The van der Waals surface area contributed by atoms with Crippen LogP contribution in [0.1, 0.15) is 39.0 Å². The van der Waals surface area contributed by atoms with E-state index in [1.165, 1.54) is 19.3 Å². The highest BCUT2D eigenvalue weighted by molar-refractivity contribution is 7.89. The quantitative estimate of drug-likeness (QED) is 0.768. The van der Waals surface area contributed by atoms with Gasteiger partial charge in [0.05, 0.1) is 5.75 Å². The van der Waals surface area contributed by atoms with Crippen molar-refractivity contribution in [3.8, 4) is 0 Å². The lowest BCUT2D eigenvalue weighted by atomic mass is 10.0. The number of primary sulfonamides is 1. The summed E-state index contributed by atoms with van der Waals surface area (Å²) in [6, 6.07) is 0.642. The third-order valence-electron chi connectivity index (χ3n) is 4.58. The van der Waals surface area contributed by atoms with Gasteiger partial charge in [-0.3, -0.25) is 4.79 Å². The lowest BCUT2D eigenvalue weighted by molar-refractivity contribution is -0.127. The van der Waals surface area contributed by atoms with Crippen molar-refractivity contribution in [3.05, 3.63) is 0 Å². The van der Waals surface area contributed by atoms with Crippen LogP contribution in [-0.2, 0) is 14.8 Å². The van der Waals surface area contributed by atoms with Gasteiger partial charge in [-0.25, -0.2) is 13.6 Å². The molecular weight excluding hydrogens is 290 g/mol. The van der Waals surface area contributed by atoms with Crippen molar-refractivity contribution in [1.82, 2.24) is 9.80 Å². The minimum atomic E-state index is -3.49. The summed E-state index contributed by atoms with van der Waals surface area (Å²) in [6.07, 6.45) is 5.12. The number of carbonyl (C=O) groups excluding carboxylic acids is 1. The third kappa shape index (κ3) is 5.23. The predicted octanol–water partition coefficient (Wildman–Crippen LogP) is 0.388. The maximum absolute atomic E-state index is 11.9. The fourth-order valence-corrected chi connectivity index (χ4v) is 4.35. The third-order valence-corrected chi connectivity index (χ3v) is 5.51. The summed E-state index contributed by atoms with van der Waals surface area (Å²) in [6.45, 7) is 5.70. The summed E-state index contributed by atoms with van der Waals surface area (Å²) >= 11 is 0. The molecule has 0 saturated carbocycles. The molecule has 0 aromatic rings. The van der Waals surface area contributed by atoms with Gasteiger partial charge in [-0.2, -0.15) is 0 Å². The van der Waals surface area contributed by atoms with E-state index >= 15 is 0 Å². The molecule has 21 heavy (non-hydrogen) atoms. The average molecular weight is 317 g/mol. The first kappa shape index (κ1) is 16.7. The molecule has 2 saturated heterocycles. The largest absolute Gasteiger partial charge is 0.342 e. The number of nitrogens with two attached hydrogens (primary N) is 1. The maximum atomic E-state index is 11.9. The van der Waals surface area contributed by atoms with Crippen molar-refractivity contribution in [1.29, 1.82) is 0 Å². The van der Waals surface area contributed by atoms with Crippen LogP contribution in [0, 0.1) is 5.92 Å². The van der Waals surface area contributed by atoms with Crippen LogP contribution < -0.4 is 5.14 Å². The van der Waals surface area contributed by atoms with E-state index in [9.17, 15) is 13.2 Å². The Labute approximate surface area is 127 Å². The van der Waals surface area contributed by atoms with Crippen LogP contribution in [0.5, 0.6) is 0 Å². The molecule has 0 spiro atoms. The number of carbonyl (C=O) groups is 1. The second-order valence-electron chi connectivity index (χ2n) is 6.47. The lowest BCUT2D eigenvalue weighted by Crippen LogP contribution is -2.39. The summed E-state index contributed by atoms with van der Waals surface area (Å²) in [5.41, 5.74) is 0. The Bertz CT molecular complexity index is 466. The Kier molecular flexibility index (Phi) is 5.62. The lowest BCUT2D eigenvalue weighted by Gasteiger charge is -2.33. The van der Waals surface area contributed by atoms with Crippen molar-refractivity contribution in [2.24, 2.45) is 11.1 Å². The standard InChI is InChI=1S/C14H27N3O3S/c1-12-5-2-3-6-16(12)7-4-8-17-10-13(9-14(17)18)11-21(15,19)20/h12-13H,2-11H2,1H3,(H2,15,19,20). The van der Waals surface area contributed by atoms with Crippen LogP contribution >= 0.6 is 0 Å². The Morgan fingerprint density at radius 1 is 1.29 bits per heavy atom. The van der Waals surface area contributed by atoms with E-state index in [-0.39, 0.29) is 17.6 Å². The number of piperidine rings is 1. The van der Waals surface area contributed by atoms with Gasteiger partial charge in [0.25, 0.3) is 0 Å². The van der Waals surface area contributed by atoms with Gasteiger partial charge in [0, 0.05) is 38.0 Å². The minimum Gasteiger partial charge on any atom is -0.342 e. The SMILES string of the molecule is CC1CCCCN1CCCN1CC(CS(N)(=O)=O)CC1=O. The maximum Gasteiger partial charge on any atom is 0.222 e. The van der Waals surface area contributed by atoms with Crippen LogP contribution in [0.15, 0.2) is 0 Å². The zero-order chi connectivity index (χ0) is 15.5. The highest BCUT2D eigenvalue weighted by Gasteiger charge is 2.31.